The van der Waals surface area contributed by atoms with Gasteiger partial charge in [0.15, 0.2) is 0 Å². The van der Waals surface area contributed by atoms with Crippen LogP contribution >= 0.6 is 11.6 Å². The molecule has 1 heterocycles. The van der Waals surface area contributed by atoms with E-state index in [1.54, 1.807) is 0 Å². The zero-order valence-corrected chi connectivity index (χ0v) is 13.7. The van der Waals surface area contributed by atoms with Gasteiger partial charge in [0.25, 0.3) is 0 Å². The van der Waals surface area contributed by atoms with E-state index in [9.17, 15) is 0 Å². The molecule has 0 bridgehead atoms. The van der Waals surface area contributed by atoms with Crippen molar-refractivity contribution in [2.24, 2.45) is 0 Å². The fourth-order valence-corrected chi connectivity index (χ4v) is 2.24. The lowest BCUT2D eigenvalue weighted by molar-refractivity contribution is 0.330. The molecule has 0 saturated carbocycles. The highest BCUT2D eigenvalue weighted by atomic mass is 35.5. The van der Waals surface area contributed by atoms with Crippen molar-refractivity contribution in [1.82, 2.24) is 9.97 Å². The van der Waals surface area contributed by atoms with E-state index in [0.29, 0.717) is 24.0 Å². The van der Waals surface area contributed by atoms with Gasteiger partial charge in [0.1, 0.15) is 29.5 Å². The lowest BCUT2D eigenvalue weighted by Crippen LogP contribution is -2.13. The van der Waals surface area contributed by atoms with Gasteiger partial charge < -0.3 is 10.1 Å². The van der Waals surface area contributed by atoms with E-state index >= 15 is 0 Å². The topological polar surface area (TPSA) is 47.0 Å². The molecule has 0 aliphatic rings. The molecule has 0 aliphatic heterocycles. The molecule has 1 aromatic heterocycles. The predicted octanol–water partition coefficient (Wildman–Crippen LogP) is 3.97. The molecule has 2 rings (SSSR count). The summed E-state index contributed by atoms with van der Waals surface area (Å²) in [6.45, 7) is 8.78. The van der Waals surface area contributed by atoms with Crippen LogP contribution < -0.4 is 10.1 Å². The van der Waals surface area contributed by atoms with Gasteiger partial charge in [0.05, 0.1) is 12.2 Å². The van der Waals surface area contributed by atoms with Crippen LogP contribution in [0.2, 0.25) is 5.02 Å². The molecule has 0 radical (unpaired) electrons. The molecule has 0 saturated heterocycles. The minimum Gasteiger partial charge on any atom is -0.491 e. The van der Waals surface area contributed by atoms with E-state index < -0.39 is 0 Å². The highest BCUT2D eigenvalue weighted by Crippen LogP contribution is 2.21. The third kappa shape index (κ3) is 4.21. The van der Waals surface area contributed by atoms with Crippen LogP contribution in [0, 0.1) is 13.8 Å². The van der Waals surface area contributed by atoms with Crippen molar-refractivity contribution < 1.29 is 4.74 Å². The van der Waals surface area contributed by atoms with E-state index in [0.717, 1.165) is 23.4 Å². The second-order valence-electron chi connectivity index (χ2n) is 4.99. The van der Waals surface area contributed by atoms with Crippen molar-refractivity contribution in [2.45, 2.75) is 20.3 Å². The summed E-state index contributed by atoms with van der Waals surface area (Å²) in [5.74, 6) is 1.52. The summed E-state index contributed by atoms with van der Waals surface area (Å²) in [7, 11) is 0. The van der Waals surface area contributed by atoms with Crippen LogP contribution in [0.1, 0.15) is 16.8 Å². The van der Waals surface area contributed by atoms with Crippen LogP contribution in [0.3, 0.4) is 0 Å². The zero-order chi connectivity index (χ0) is 15.9. The van der Waals surface area contributed by atoms with Crippen LogP contribution in [0.4, 0.5) is 5.82 Å². The molecule has 0 unspecified atom stereocenters. The average molecular weight is 318 g/mol. The van der Waals surface area contributed by atoms with Crippen molar-refractivity contribution >= 4 is 17.4 Å². The van der Waals surface area contributed by atoms with Gasteiger partial charge in [-0.15, -0.1) is 6.58 Å². The number of anilines is 1. The first kappa shape index (κ1) is 16.3. The Labute approximate surface area is 136 Å². The van der Waals surface area contributed by atoms with Gasteiger partial charge >= 0.3 is 0 Å². The maximum Gasteiger partial charge on any atom is 0.148 e. The molecule has 1 N–H and O–H groups in total. The maximum atomic E-state index is 6.13. The quantitative estimate of drug-likeness (QED) is 0.620. The number of nitrogens with zero attached hydrogens (tertiary/aromatic N) is 2. The van der Waals surface area contributed by atoms with Gasteiger partial charge in [0, 0.05) is 0 Å². The SMILES string of the molecule is C=CCc1ccc(OCCNc2ncnc(C)c2Cl)c(C)c1. The smallest absolute Gasteiger partial charge is 0.148 e. The molecule has 0 spiro atoms. The van der Waals surface area contributed by atoms with Crippen LogP contribution in [0.15, 0.2) is 37.2 Å². The molecule has 4 nitrogen and oxygen atoms in total. The van der Waals surface area contributed by atoms with E-state index in [1.165, 1.54) is 11.9 Å². The number of halogens is 1. The van der Waals surface area contributed by atoms with E-state index in [-0.39, 0.29) is 0 Å². The lowest BCUT2D eigenvalue weighted by atomic mass is 10.1. The molecule has 0 aliphatic carbocycles. The lowest BCUT2D eigenvalue weighted by Gasteiger charge is -2.12. The minimum absolute atomic E-state index is 0.529. The molecule has 116 valence electrons. The average Bonchev–Trinajstić information content (AvgIpc) is 2.50. The fourth-order valence-electron chi connectivity index (χ4n) is 2.08. The summed E-state index contributed by atoms with van der Waals surface area (Å²) in [6.07, 6.45) is 4.26. The fraction of sp³-hybridized carbons (Fsp3) is 0.294. The number of rotatable bonds is 7. The largest absolute Gasteiger partial charge is 0.491 e. The second kappa shape index (κ2) is 7.80. The van der Waals surface area contributed by atoms with Crippen molar-refractivity contribution in [1.29, 1.82) is 0 Å². The first-order valence-electron chi connectivity index (χ1n) is 7.16. The normalized spacial score (nSPS) is 10.3. The molecule has 0 amide bonds. The Hall–Kier alpha value is -2.07. The third-order valence-corrected chi connectivity index (χ3v) is 3.69. The number of benzene rings is 1. The van der Waals surface area contributed by atoms with Crippen molar-refractivity contribution in [2.75, 3.05) is 18.5 Å². The van der Waals surface area contributed by atoms with Crippen molar-refractivity contribution in [3.05, 3.63) is 59.0 Å². The molecular weight excluding hydrogens is 298 g/mol. The summed E-state index contributed by atoms with van der Waals surface area (Å²) in [6, 6.07) is 6.17. The molecule has 2 aromatic rings. The summed E-state index contributed by atoms with van der Waals surface area (Å²) in [5, 5.41) is 3.70. The monoisotopic (exact) mass is 317 g/mol. The van der Waals surface area contributed by atoms with E-state index in [4.69, 9.17) is 16.3 Å². The Morgan fingerprint density at radius 2 is 2.14 bits per heavy atom. The first-order valence-corrected chi connectivity index (χ1v) is 7.53. The maximum absolute atomic E-state index is 6.13. The molecule has 5 heteroatoms. The van der Waals surface area contributed by atoms with Crippen LogP contribution in [-0.2, 0) is 6.42 Å². The van der Waals surface area contributed by atoms with Gasteiger partial charge in [-0.1, -0.05) is 29.8 Å². The Balaban J connectivity index is 1.86. The molecule has 1 aromatic carbocycles. The van der Waals surface area contributed by atoms with Crippen molar-refractivity contribution in [3.8, 4) is 5.75 Å². The number of hydrogen-bond acceptors (Lipinski definition) is 4. The zero-order valence-electron chi connectivity index (χ0n) is 12.9. The Kier molecular flexibility index (Phi) is 5.78. The first-order chi connectivity index (χ1) is 10.6. The number of aromatic nitrogens is 2. The van der Waals surface area contributed by atoms with Gasteiger partial charge in [-0.3, -0.25) is 0 Å². The van der Waals surface area contributed by atoms with Gasteiger partial charge in [-0.2, -0.15) is 0 Å². The number of hydrogen-bond donors (Lipinski definition) is 1. The predicted molar refractivity (Wildman–Crippen MR) is 90.8 cm³/mol. The van der Waals surface area contributed by atoms with Gasteiger partial charge in [0.2, 0.25) is 0 Å². The van der Waals surface area contributed by atoms with E-state index in [1.807, 2.05) is 26.0 Å². The number of allylic oxidation sites excluding steroid dienone is 1. The number of aryl methyl sites for hydroxylation is 2. The number of ether oxygens (including phenoxy) is 1. The summed E-state index contributed by atoms with van der Waals surface area (Å²) >= 11 is 6.13. The Bertz CT molecular complexity index is 658. The number of nitrogens with one attached hydrogen (secondary N) is 1. The standard InChI is InChI=1S/C17H20ClN3O/c1-4-5-14-6-7-15(12(2)10-14)22-9-8-19-17-16(18)13(3)20-11-21-17/h4,6-7,10-11H,1,5,8-9H2,2-3H3,(H,19,20,21). The Morgan fingerprint density at radius 3 is 2.86 bits per heavy atom. The molecule has 0 atom stereocenters. The molecule has 22 heavy (non-hydrogen) atoms. The van der Waals surface area contributed by atoms with Crippen molar-refractivity contribution in [3.63, 3.8) is 0 Å². The van der Waals surface area contributed by atoms with E-state index in [2.05, 4.69) is 34.0 Å². The summed E-state index contributed by atoms with van der Waals surface area (Å²) < 4.78 is 5.79. The minimum atomic E-state index is 0.529. The third-order valence-electron chi connectivity index (χ3n) is 3.24. The highest BCUT2D eigenvalue weighted by Gasteiger charge is 2.05. The highest BCUT2D eigenvalue weighted by molar-refractivity contribution is 6.33. The van der Waals surface area contributed by atoms with Crippen LogP contribution in [-0.4, -0.2) is 23.1 Å². The summed E-state index contributed by atoms with van der Waals surface area (Å²) in [4.78, 5) is 8.14. The molecule has 0 fully saturated rings. The second-order valence-corrected chi connectivity index (χ2v) is 5.37. The van der Waals surface area contributed by atoms with Crippen LogP contribution in [0.25, 0.3) is 0 Å². The molecular formula is C17H20ClN3O. The summed E-state index contributed by atoms with van der Waals surface area (Å²) in [5.41, 5.74) is 3.12. The van der Waals surface area contributed by atoms with Gasteiger partial charge in [-0.05, 0) is 37.5 Å². The Morgan fingerprint density at radius 1 is 1.32 bits per heavy atom. The van der Waals surface area contributed by atoms with Crippen LogP contribution in [0.5, 0.6) is 5.75 Å². The van der Waals surface area contributed by atoms with Gasteiger partial charge in [-0.25, -0.2) is 9.97 Å².